The third-order valence-electron chi connectivity index (χ3n) is 1.55. The summed E-state index contributed by atoms with van der Waals surface area (Å²) in [7, 11) is 0. The Morgan fingerprint density at radius 2 is 1.78 bits per heavy atom. The first-order valence-electron chi connectivity index (χ1n) is 3.28. The van der Waals surface area contributed by atoms with E-state index in [-0.39, 0.29) is 0 Å². The summed E-state index contributed by atoms with van der Waals surface area (Å²) >= 11 is 0. The maximum Gasteiger partial charge on any atom is -0.0173 e. The van der Waals surface area contributed by atoms with E-state index in [1.165, 1.54) is 5.57 Å². The first-order valence-corrected chi connectivity index (χ1v) is 3.28. The average Bonchev–Trinajstić information content (AvgIpc) is 1.64. The molecule has 0 aliphatic heterocycles. The Morgan fingerprint density at radius 3 is 1.89 bits per heavy atom. The minimum absolute atomic E-state index is 0.300. The zero-order valence-corrected chi connectivity index (χ0v) is 6.86. The lowest BCUT2D eigenvalue weighted by Gasteiger charge is -2.18. The molecule has 0 saturated heterocycles. The summed E-state index contributed by atoms with van der Waals surface area (Å²) in [5.41, 5.74) is 1.67. The maximum atomic E-state index is 3.64. The van der Waals surface area contributed by atoms with Crippen molar-refractivity contribution in [3.05, 3.63) is 24.3 Å². The molecule has 0 nitrogen and oxygen atoms in total. The monoisotopic (exact) mass is 124 g/mol. The van der Waals surface area contributed by atoms with Gasteiger partial charge in [0, 0.05) is 0 Å². The Kier molecular flexibility index (Phi) is 2.69. The van der Waals surface area contributed by atoms with Crippen molar-refractivity contribution in [3.63, 3.8) is 0 Å². The van der Waals surface area contributed by atoms with Gasteiger partial charge in [-0.25, -0.2) is 0 Å². The molecule has 0 aromatic heterocycles. The third-order valence-corrected chi connectivity index (χ3v) is 1.55. The van der Waals surface area contributed by atoms with Gasteiger partial charge in [0.05, 0.1) is 0 Å². The van der Waals surface area contributed by atoms with Gasteiger partial charge in [-0.15, -0.1) is 0 Å². The van der Waals surface area contributed by atoms with E-state index in [1.54, 1.807) is 0 Å². The highest BCUT2D eigenvalue weighted by molar-refractivity contribution is 5.13. The van der Waals surface area contributed by atoms with E-state index in [9.17, 15) is 0 Å². The van der Waals surface area contributed by atoms with Crippen LogP contribution in [0.25, 0.3) is 0 Å². The van der Waals surface area contributed by atoms with E-state index in [0.29, 0.717) is 5.41 Å². The van der Waals surface area contributed by atoms with Crippen LogP contribution in [-0.4, -0.2) is 0 Å². The van der Waals surface area contributed by atoms with Crippen molar-refractivity contribution in [2.24, 2.45) is 5.41 Å². The molecule has 0 heterocycles. The van der Waals surface area contributed by atoms with Gasteiger partial charge in [-0.05, 0) is 12.3 Å². The van der Waals surface area contributed by atoms with Crippen LogP contribution in [0.1, 0.15) is 27.7 Å². The van der Waals surface area contributed by atoms with Crippen LogP contribution in [0.15, 0.2) is 24.3 Å². The summed E-state index contributed by atoms with van der Waals surface area (Å²) in [4.78, 5) is 0. The molecule has 0 bridgehead atoms. The molecule has 0 N–H and O–H groups in total. The van der Waals surface area contributed by atoms with Gasteiger partial charge in [0.15, 0.2) is 0 Å². The first kappa shape index (κ1) is 8.48. The first-order chi connectivity index (χ1) is 3.98. The molecule has 0 aromatic rings. The van der Waals surface area contributed by atoms with Gasteiger partial charge < -0.3 is 0 Å². The molecular formula is C9H16. The van der Waals surface area contributed by atoms with Crippen molar-refractivity contribution in [1.82, 2.24) is 0 Å². The van der Waals surface area contributed by atoms with Crippen LogP contribution in [0, 0.1) is 5.41 Å². The van der Waals surface area contributed by atoms with Gasteiger partial charge in [0.1, 0.15) is 0 Å². The summed E-state index contributed by atoms with van der Waals surface area (Å²) < 4.78 is 0. The van der Waals surface area contributed by atoms with E-state index in [4.69, 9.17) is 0 Å². The molecule has 0 aliphatic carbocycles. The van der Waals surface area contributed by atoms with Crippen LogP contribution in [-0.2, 0) is 0 Å². The Balaban J connectivity index is 4.19. The summed E-state index contributed by atoms with van der Waals surface area (Å²) in [6.07, 6.45) is 3.89. The van der Waals surface area contributed by atoms with Crippen LogP contribution in [0.2, 0.25) is 0 Å². The highest BCUT2D eigenvalue weighted by atomic mass is 14.2. The largest absolute Gasteiger partial charge is 0.0991 e. The lowest BCUT2D eigenvalue weighted by Crippen LogP contribution is -2.05. The Bertz CT molecular complexity index is 121. The van der Waals surface area contributed by atoms with Crippen molar-refractivity contribution < 1.29 is 0 Å². The van der Waals surface area contributed by atoms with Crippen LogP contribution in [0.5, 0.6) is 0 Å². The number of rotatable bonds is 1. The highest BCUT2D eigenvalue weighted by Crippen LogP contribution is 2.23. The van der Waals surface area contributed by atoms with Crippen LogP contribution >= 0.6 is 0 Å². The molecule has 0 heteroatoms. The summed E-state index contributed by atoms with van der Waals surface area (Å²) in [6, 6.07) is 0. The van der Waals surface area contributed by atoms with E-state index in [0.717, 1.165) is 0 Å². The highest BCUT2D eigenvalue weighted by Gasteiger charge is 2.10. The molecule has 0 aromatic carbocycles. The lowest BCUT2D eigenvalue weighted by atomic mass is 9.87. The second-order valence-corrected chi connectivity index (χ2v) is 3.34. The second-order valence-electron chi connectivity index (χ2n) is 3.34. The SMILES string of the molecule is C=C/C=C(/C)C(C)(C)C. The molecular weight excluding hydrogens is 108 g/mol. The number of hydrogen-bond acceptors (Lipinski definition) is 0. The van der Waals surface area contributed by atoms with Gasteiger partial charge in [-0.3, -0.25) is 0 Å². The molecule has 0 unspecified atom stereocenters. The van der Waals surface area contributed by atoms with E-state index < -0.39 is 0 Å². The summed E-state index contributed by atoms with van der Waals surface area (Å²) in [6.45, 7) is 12.4. The number of allylic oxidation sites excluding steroid dienone is 3. The normalized spacial score (nSPS) is 13.6. The Hall–Kier alpha value is -0.520. The van der Waals surface area contributed by atoms with Crippen molar-refractivity contribution >= 4 is 0 Å². The molecule has 0 rings (SSSR count). The van der Waals surface area contributed by atoms with Crippen LogP contribution in [0.4, 0.5) is 0 Å². The van der Waals surface area contributed by atoms with E-state index >= 15 is 0 Å². The zero-order chi connectivity index (χ0) is 7.49. The quantitative estimate of drug-likeness (QED) is 0.471. The van der Waals surface area contributed by atoms with Crippen molar-refractivity contribution in [2.45, 2.75) is 27.7 Å². The lowest BCUT2D eigenvalue weighted by molar-refractivity contribution is 0.504. The molecule has 9 heavy (non-hydrogen) atoms. The molecule has 0 amide bonds. The van der Waals surface area contributed by atoms with Gasteiger partial charge in [0.2, 0.25) is 0 Å². The van der Waals surface area contributed by atoms with E-state index in [1.807, 2.05) is 6.08 Å². The van der Waals surface area contributed by atoms with Gasteiger partial charge in [0.25, 0.3) is 0 Å². The standard InChI is InChI=1S/C9H16/c1-6-7-8(2)9(3,4)5/h6-7H,1H2,2-5H3/b8-7-. The summed E-state index contributed by atoms with van der Waals surface area (Å²) in [5, 5.41) is 0. The average molecular weight is 124 g/mol. The maximum absolute atomic E-state index is 3.64. The molecule has 0 spiro atoms. The molecule has 0 radical (unpaired) electrons. The smallest absolute Gasteiger partial charge is 0.0173 e. The molecule has 0 saturated carbocycles. The summed E-state index contributed by atoms with van der Waals surface area (Å²) in [5.74, 6) is 0. The fourth-order valence-electron chi connectivity index (χ4n) is 0.427. The molecule has 52 valence electrons. The van der Waals surface area contributed by atoms with Gasteiger partial charge in [-0.2, -0.15) is 0 Å². The molecule has 0 fully saturated rings. The Labute approximate surface area is 58.3 Å². The Morgan fingerprint density at radius 1 is 1.33 bits per heavy atom. The third kappa shape index (κ3) is 3.12. The van der Waals surface area contributed by atoms with Crippen LogP contribution in [0.3, 0.4) is 0 Å². The van der Waals surface area contributed by atoms with Crippen molar-refractivity contribution in [2.75, 3.05) is 0 Å². The predicted molar refractivity (Wildman–Crippen MR) is 43.4 cm³/mol. The minimum Gasteiger partial charge on any atom is -0.0991 e. The molecule has 0 atom stereocenters. The number of hydrogen-bond donors (Lipinski definition) is 0. The predicted octanol–water partition coefficient (Wildman–Crippen LogP) is 3.16. The van der Waals surface area contributed by atoms with Crippen molar-refractivity contribution in [3.8, 4) is 0 Å². The van der Waals surface area contributed by atoms with Crippen LogP contribution < -0.4 is 0 Å². The van der Waals surface area contributed by atoms with Gasteiger partial charge in [-0.1, -0.05) is 45.1 Å². The molecule has 0 aliphatic rings. The minimum atomic E-state index is 0.300. The van der Waals surface area contributed by atoms with Gasteiger partial charge >= 0.3 is 0 Å². The fraction of sp³-hybridized carbons (Fsp3) is 0.556. The van der Waals surface area contributed by atoms with E-state index in [2.05, 4.69) is 40.3 Å². The van der Waals surface area contributed by atoms with Crippen molar-refractivity contribution in [1.29, 1.82) is 0 Å². The zero-order valence-electron chi connectivity index (χ0n) is 6.86. The second kappa shape index (κ2) is 2.86. The topological polar surface area (TPSA) is 0 Å². The fourth-order valence-corrected chi connectivity index (χ4v) is 0.427.